The molecular formula is C25H24N2O3. The molecule has 152 valence electrons. The van der Waals surface area contributed by atoms with Crippen LogP contribution in [0.4, 0.5) is 5.69 Å². The van der Waals surface area contributed by atoms with Crippen LogP contribution >= 0.6 is 0 Å². The monoisotopic (exact) mass is 400 g/mol. The Labute approximate surface area is 176 Å². The van der Waals surface area contributed by atoms with E-state index in [4.69, 9.17) is 4.74 Å². The number of nitrogens with zero attached hydrogens (tertiary/aromatic N) is 2. The molecule has 1 amide bonds. The Balaban J connectivity index is 1.57. The smallest absolute Gasteiger partial charge is 0.331 e. The van der Waals surface area contributed by atoms with E-state index in [1.54, 1.807) is 11.0 Å². The number of hydrogen-bond acceptors (Lipinski definition) is 4. The summed E-state index contributed by atoms with van der Waals surface area (Å²) in [4.78, 5) is 29.1. The van der Waals surface area contributed by atoms with Crippen molar-refractivity contribution in [2.45, 2.75) is 20.0 Å². The predicted molar refractivity (Wildman–Crippen MR) is 116 cm³/mol. The van der Waals surface area contributed by atoms with Gasteiger partial charge in [-0.1, -0.05) is 66.7 Å². The molecule has 0 unspecified atom stereocenters. The number of carbonyl (C=O) groups is 2. The summed E-state index contributed by atoms with van der Waals surface area (Å²) >= 11 is 0. The third kappa shape index (κ3) is 4.69. The van der Waals surface area contributed by atoms with Gasteiger partial charge in [0.2, 0.25) is 5.91 Å². The second-order valence-electron chi connectivity index (χ2n) is 7.52. The number of anilines is 1. The number of hydrogen-bond donors (Lipinski definition) is 0. The van der Waals surface area contributed by atoms with Crippen molar-refractivity contribution < 1.29 is 14.3 Å². The van der Waals surface area contributed by atoms with E-state index in [0.29, 0.717) is 18.8 Å². The highest BCUT2D eigenvalue weighted by Gasteiger charge is 2.27. The first kappa shape index (κ1) is 19.7. The SMILES string of the molecule is Cc1ccc2c(c1)N(CC(=O)N(Cc1ccccc1)Cc1ccccc1)CC(=O)O2. The summed E-state index contributed by atoms with van der Waals surface area (Å²) in [5, 5.41) is 0. The Morgan fingerprint density at radius 3 is 2.13 bits per heavy atom. The highest BCUT2D eigenvalue weighted by Crippen LogP contribution is 2.32. The van der Waals surface area contributed by atoms with Gasteiger partial charge in [0.05, 0.1) is 12.2 Å². The van der Waals surface area contributed by atoms with Crippen molar-refractivity contribution in [2.24, 2.45) is 0 Å². The Bertz CT molecular complexity index is 993. The maximum atomic E-state index is 13.4. The van der Waals surface area contributed by atoms with Crippen molar-refractivity contribution in [2.75, 3.05) is 18.0 Å². The minimum Gasteiger partial charge on any atom is -0.423 e. The molecule has 1 heterocycles. The molecule has 0 aromatic heterocycles. The molecule has 0 aliphatic carbocycles. The second kappa shape index (κ2) is 8.82. The van der Waals surface area contributed by atoms with Gasteiger partial charge in [-0.05, 0) is 35.7 Å². The van der Waals surface area contributed by atoms with Crippen LogP contribution in [0.2, 0.25) is 0 Å². The molecule has 0 radical (unpaired) electrons. The molecular weight excluding hydrogens is 376 g/mol. The van der Waals surface area contributed by atoms with Gasteiger partial charge in [0.1, 0.15) is 6.54 Å². The summed E-state index contributed by atoms with van der Waals surface area (Å²) < 4.78 is 5.34. The highest BCUT2D eigenvalue weighted by molar-refractivity contribution is 5.89. The second-order valence-corrected chi connectivity index (χ2v) is 7.52. The average Bonchev–Trinajstić information content (AvgIpc) is 2.75. The molecule has 0 atom stereocenters. The van der Waals surface area contributed by atoms with Gasteiger partial charge in [0.25, 0.3) is 0 Å². The summed E-state index contributed by atoms with van der Waals surface area (Å²) in [6.07, 6.45) is 0. The maximum Gasteiger partial charge on any atom is 0.331 e. The van der Waals surface area contributed by atoms with Gasteiger partial charge in [0, 0.05) is 13.1 Å². The summed E-state index contributed by atoms with van der Waals surface area (Å²) in [6.45, 7) is 3.17. The van der Waals surface area contributed by atoms with E-state index < -0.39 is 0 Å². The Hall–Kier alpha value is -3.60. The van der Waals surface area contributed by atoms with Crippen LogP contribution < -0.4 is 9.64 Å². The Kier molecular flexibility index (Phi) is 5.80. The van der Waals surface area contributed by atoms with Crippen LogP contribution in [0.25, 0.3) is 0 Å². The largest absolute Gasteiger partial charge is 0.423 e. The average molecular weight is 400 g/mol. The lowest BCUT2D eigenvalue weighted by Crippen LogP contribution is -2.44. The van der Waals surface area contributed by atoms with Crippen LogP contribution in [-0.2, 0) is 22.7 Å². The number of fused-ring (bicyclic) bond motifs is 1. The zero-order chi connectivity index (χ0) is 20.9. The molecule has 1 aliphatic rings. The van der Waals surface area contributed by atoms with Crippen LogP contribution in [0.3, 0.4) is 0 Å². The first-order chi connectivity index (χ1) is 14.6. The van der Waals surface area contributed by atoms with Crippen LogP contribution in [0.5, 0.6) is 5.75 Å². The van der Waals surface area contributed by atoms with Crippen molar-refractivity contribution >= 4 is 17.6 Å². The van der Waals surface area contributed by atoms with Crippen molar-refractivity contribution in [3.8, 4) is 5.75 Å². The van der Waals surface area contributed by atoms with Gasteiger partial charge in [-0.3, -0.25) is 4.79 Å². The van der Waals surface area contributed by atoms with Crippen LogP contribution in [-0.4, -0.2) is 29.9 Å². The maximum absolute atomic E-state index is 13.4. The summed E-state index contributed by atoms with van der Waals surface area (Å²) in [5.74, 6) is 0.115. The lowest BCUT2D eigenvalue weighted by Gasteiger charge is -2.32. The van der Waals surface area contributed by atoms with Gasteiger partial charge in [0.15, 0.2) is 5.75 Å². The van der Waals surface area contributed by atoms with E-state index in [1.807, 2.05) is 84.6 Å². The normalized spacial score (nSPS) is 12.8. The van der Waals surface area contributed by atoms with E-state index in [2.05, 4.69) is 0 Å². The van der Waals surface area contributed by atoms with E-state index in [1.165, 1.54) is 0 Å². The minimum absolute atomic E-state index is 0.0372. The van der Waals surface area contributed by atoms with Gasteiger partial charge < -0.3 is 14.5 Å². The molecule has 0 fully saturated rings. The zero-order valence-electron chi connectivity index (χ0n) is 17.0. The fraction of sp³-hybridized carbons (Fsp3) is 0.200. The summed E-state index contributed by atoms with van der Waals surface area (Å²) in [5.41, 5.74) is 3.96. The van der Waals surface area contributed by atoms with Crippen molar-refractivity contribution in [1.29, 1.82) is 0 Å². The third-order valence-corrected chi connectivity index (χ3v) is 5.11. The summed E-state index contributed by atoms with van der Waals surface area (Å²) in [7, 11) is 0. The molecule has 3 aromatic rings. The summed E-state index contributed by atoms with van der Waals surface area (Å²) in [6, 6.07) is 25.5. The third-order valence-electron chi connectivity index (χ3n) is 5.11. The number of aryl methyl sites for hydroxylation is 1. The lowest BCUT2D eigenvalue weighted by atomic mass is 10.1. The molecule has 0 bridgehead atoms. The molecule has 4 rings (SSSR count). The number of esters is 1. The Morgan fingerprint density at radius 2 is 1.53 bits per heavy atom. The van der Waals surface area contributed by atoms with E-state index >= 15 is 0 Å². The quantitative estimate of drug-likeness (QED) is 0.464. The fourth-order valence-electron chi connectivity index (χ4n) is 3.60. The number of amides is 1. The first-order valence-electron chi connectivity index (χ1n) is 10.0. The number of benzene rings is 3. The van der Waals surface area contributed by atoms with Crippen LogP contribution in [0.15, 0.2) is 78.9 Å². The lowest BCUT2D eigenvalue weighted by molar-refractivity contribution is -0.134. The number of carbonyl (C=O) groups excluding carboxylic acids is 2. The number of ether oxygens (including phenoxy) is 1. The first-order valence-corrected chi connectivity index (χ1v) is 10.0. The molecule has 5 nitrogen and oxygen atoms in total. The van der Waals surface area contributed by atoms with E-state index in [-0.39, 0.29) is 25.0 Å². The topological polar surface area (TPSA) is 49.9 Å². The molecule has 0 saturated heterocycles. The molecule has 30 heavy (non-hydrogen) atoms. The highest BCUT2D eigenvalue weighted by atomic mass is 16.5. The Morgan fingerprint density at radius 1 is 0.933 bits per heavy atom. The standard InChI is InChI=1S/C25H24N2O3/c1-19-12-13-23-22(14-19)26(18-25(29)30-23)17-24(28)27(15-20-8-4-2-5-9-20)16-21-10-6-3-7-11-21/h2-14H,15-18H2,1H3. The van der Waals surface area contributed by atoms with Crippen molar-refractivity contribution in [3.63, 3.8) is 0 Å². The van der Waals surface area contributed by atoms with Gasteiger partial charge in [-0.2, -0.15) is 0 Å². The fourth-order valence-corrected chi connectivity index (χ4v) is 3.60. The van der Waals surface area contributed by atoms with Crippen molar-refractivity contribution in [1.82, 2.24) is 4.90 Å². The molecule has 0 saturated carbocycles. The molecule has 3 aromatic carbocycles. The molecule has 5 heteroatoms. The van der Waals surface area contributed by atoms with Crippen molar-refractivity contribution in [3.05, 3.63) is 95.6 Å². The predicted octanol–water partition coefficient (Wildman–Crippen LogP) is 3.95. The van der Waals surface area contributed by atoms with Gasteiger partial charge in [-0.15, -0.1) is 0 Å². The molecule has 1 aliphatic heterocycles. The van der Waals surface area contributed by atoms with Crippen LogP contribution in [0.1, 0.15) is 16.7 Å². The van der Waals surface area contributed by atoms with E-state index in [9.17, 15) is 9.59 Å². The molecule has 0 N–H and O–H groups in total. The zero-order valence-corrected chi connectivity index (χ0v) is 17.0. The van der Waals surface area contributed by atoms with Crippen LogP contribution in [0, 0.1) is 6.92 Å². The van der Waals surface area contributed by atoms with Gasteiger partial charge in [-0.25, -0.2) is 4.79 Å². The molecule has 0 spiro atoms. The van der Waals surface area contributed by atoms with Gasteiger partial charge >= 0.3 is 5.97 Å². The van der Waals surface area contributed by atoms with E-state index in [0.717, 1.165) is 22.4 Å². The number of rotatable bonds is 6. The minimum atomic E-state index is -0.350.